The second-order valence-corrected chi connectivity index (χ2v) is 6.59. The number of carbonyl (C=O) groups is 1. The molecule has 3 unspecified atom stereocenters. The number of aliphatic hydroxyl groups excluding tert-OH is 1. The summed E-state index contributed by atoms with van der Waals surface area (Å²) in [6.45, 7) is 5.68. The Labute approximate surface area is 109 Å². The first-order valence-electron chi connectivity index (χ1n) is 7.28. The van der Waals surface area contributed by atoms with Crippen molar-refractivity contribution < 1.29 is 9.90 Å². The van der Waals surface area contributed by atoms with Gasteiger partial charge in [-0.05, 0) is 44.7 Å². The summed E-state index contributed by atoms with van der Waals surface area (Å²) in [6.07, 6.45) is 3.74. The smallest absolute Gasteiger partial charge is 0.228 e. The van der Waals surface area contributed by atoms with Crippen LogP contribution in [-0.2, 0) is 4.79 Å². The van der Waals surface area contributed by atoms with Crippen LogP contribution in [0.25, 0.3) is 0 Å². The molecule has 18 heavy (non-hydrogen) atoms. The average molecular weight is 252 g/mol. The fourth-order valence-electron chi connectivity index (χ4n) is 3.98. The quantitative estimate of drug-likeness (QED) is 0.719. The molecule has 1 aliphatic carbocycles. The van der Waals surface area contributed by atoms with E-state index < -0.39 is 0 Å². The number of nitrogens with zero attached hydrogens (tertiary/aromatic N) is 1. The summed E-state index contributed by atoms with van der Waals surface area (Å²) in [5.41, 5.74) is -0.172. The maximum absolute atomic E-state index is 12.7. The molecule has 0 aromatic carbocycles. The lowest BCUT2D eigenvalue weighted by atomic mass is 9.79. The van der Waals surface area contributed by atoms with Crippen molar-refractivity contribution in [2.45, 2.75) is 38.7 Å². The normalized spacial score (nSPS) is 38.8. The lowest BCUT2D eigenvalue weighted by Gasteiger charge is -2.36. The molecule has 0 spiro atoms. The Bertz CT molecular complexity index is 339. The van der Waals surface area contributed by atoms with Gasteiger partial charge in [-0.25, -0.2) is 0 Å². The molecule has 4 nitrogen and oxygen atoms in total. The number of hydrogen-bond acceptors (Lipinski definition) is 3. The highest BCUT2D eigenvalue weighted by Gasteiger charge is 2.47. The number of piperidine rings is 1. The van der Waals surface area contributed by atoms with Crippen LogP contribution in [0.3, 0.4) is 0 Å². The molecule has 0 aromatic heterocycles. The van der Waals surface area contributed by atoms with Crippen molar-refractivity contribution in [1.29, 1.82) is 0 Å². The molecular formula is C14H24N2O2. The van der Waals surface area contributed by atoms with E-state index in [1.807, 2.05) is 4.90 Å². The summed E-state index contributed by atoms with van der Waals surface area (Å²) in [4.78, 5) is 14.7. The molecule has 3 rings (SSSR count). The summed E-state index contributed by atoms with van der Waals surface area (Å²) >= 11 is 0. The summed E-state index contributed by atoms with van der Waals surface area (Å²) in [6, 6.07) is 0. The Morgan fingerprint density at radius 2 is 2.00 bits per heavy atom. The predicted octanol–water partition coefficient (Wildman–Crippen LogP) is 0.605. The Balaban J connectivity index is 1.67. The van der Waals surface area contributed by atoms with Crippen molar-refractivity contribution in [3.05, 3.63) is 0 Å². The second kappa shape index (κ2) is 4.49. The van der Waals surface area contributed by atoms with E-state index in [1.165, 1.54) is 0 Å². The zero-order valence-electron chi connectivity index (χ0n) is 11.2. The van der Waals surface area contributed by atoms with E-state index in [0.717, 1.165) is 51.9 Å². The van der Waals surface area contributed by atoms with Crippen molar-refractivity contribution in [2.75, 3.05) is 26.2 Å². The molecule has 2 saturated heterocycles. The van der Waals surface area contributed by atoms with Crippen LogP contribution in [0.1, 0.15) is 32.6 Å². The van der Waals surface area contributed by atoms with Gasteiger partial charge in [0.1, 0.15) is 0 Å². The van der Waals surface area contributed by atoms with Crippen molar-refractivity contribution in [3.63, 3.8) is 0 Å². The highest BCUT2D eigenvalue weighted by Crippen LogP contribution is 2.40. The van der Waals surface area contributed by atoms with E-state index in [1.54, 1.807) is 0 Å². The van der Waals surface area contributed by atoms with E-state index >= 15 is 0 Å². The first kappa shape index (κ1) is 12.4. The number of amides is 1. The van der Waals surface area contributed by atoms with Gasteiger partial charge in [-0.15, -0.1) is 0 Å². The SMILES string of the molecule is CC1(C(=O)N2CC3CCC(O)C3C2)CCNCC1. The van der Waals surface area contributed by atoms with Crippen LogP contribution >= 0.6 is 0 Å². The van der Waals surface area contributed by atoms with Gasteiger partial charge in [0.2, 0.25) is 5.91 Å². The average Bonchev–Trinajstić information content (AvgIpc) is 2.92. The fraction of sp³-hybridized carbons (Fsp3) is 0.929. The maximum Gasteiger partial charge on any atom is 0.228 e. The zero-order chi connectivity index (χ0) is 12.8. The van der Waals surface area contributed by atoms with E-state index in [0.29, 0.717) is 17.7 Å². The van der Waals surface area contributed by atoms with E-state index in [9.17, 15) is 9.90 Å². The van der Waals surface area contributed by atoms with Gasteiger partial charge in [-0.3, -0.25) is 4.79 Å². The van der Waals surface area contributed by atoms with Gasteiger partial charge in [-0.1, -0.05) is 6.92 Å². The third kappa shape index (κ3) is 1.95. The van der Waals surface area contributed by atoms with E-state index in [4.69, 9.17) is 0 Å². The second-order valence-electron chi connectivity index (χ2n) is 6.59. The molecule has 3 aliphatic rings. The number of aliphatic hydroxyl groups is 1. The molecule has 2 aliphatic heterocycles. The van der Waals surface area contributed by atoms with Crippen LogP contribution in [0, 0.1) is 17.3 Å². The minimum absolute atomic E-state index is 0.172. The monoisotopic (exact) mass is 252 g/mol. The third-order valence-electron chi connectivity index (χ3n) is 5.33. The molecule has 0 aromatic rings. The molecule has 3 atom stereocenters. The van der Waals surface area contributed by atoms with Gasteiger partial charge in [-0.2, -0.15) is 0 Å². The molecule has 3 fully saturated rings. The third-order valence-corrected chi connectivity index (χ3v) is 5.33. The number of nitrogens with one attached hydrogen (secondary N) is 1. The summed E-state index contributed by atoms with van der Waals surface area (Å²) in [5.74, 6) is 1.22. The van der Waals surface area contributed by atoms with Crippen molar-refractivity contribution >= 4 is 5.91 Å². The number of likely N-dealkylation sites (tertiary alicyclic amines) is 1. The standard InChI is InChI=1S/C14H24N2O2/c1-14(4-6-15-7-5-14)13(18)16-8-10-2-3-12(17)11(10)9-16/h10-12,15,17H,2-9H2,1H3. The fourth-order valence-corrected chi connectivity index (χ4v) is 3.98. The van der Waals surface area contributed by atoms with Crippen molar-refractivity contribution in [1.82, 2.24) is 10.2 Å². The molecule has 2 N–H and O–H groups in total. The van der Waals surface area contributed by atoms with Crippen LogP contribution < -0.4 is 5.32 Å². The highest BCUT2D eigenvalue weighted by atomic mass is 16.3. The highest BCUT2D eigenvalue weighted by molar-refractivity contribution is 5.82. The van der Waals surface area contributed by atoms with Crippen molar-refractivity contribution in [3.8, 4) is 0 Å². The predicted molar refractivity (Wildman–Crippen MR) is 69.0 cm³/mol. The van der Waals surface area contributed by atoms with Crippen LogP contribution in [-0.4, -0.2) is 48.2 Å². The number of fused-ring (bicyclic) bond motifs is 1. The molecule has 2 heterocycles. The van der Waals surface area contributed by atoms with Gasteiger partial charge >= 0.3 is 0 Å². The van der Waals surface area contributed by atoms with Gasteiger partial charge in [0.05, 0.1) is 6.10 Å². The molecule has 102 valence electrons. The molecular weight excluding hydrogens is 228 g/mol. The van der Waals surface area contributed by atoms with Crippen LogP contribution in [0.4, 0.5) is 0 Å². The summed E-state index contributed by atoms with van der Waals surface area (Å²) in [7, 11) is 0. The van der Waals surface area contributed by atoms with E-state index in [2.05, 4.69) is 12.2 Å². The first-order valence-corrected chi connectivity index (χ1v) is 7.28. The minimum atomic E-state index is -0.173. The molecule has 0 radical (unpaired) electrons. The van der Waals surface area contributed by atoms with Gasteiger partial charge in [0.25, 0.3) is 0 Å². The van der Waals surface area contributed by atoms with Crippen LogP contribution in [0.5, 0.6) is 0 Å². The molecule has 0 bridgehead atoms. The topological polar surface area (TPSA) is 52.6 Å². The van der Waals surface area contributed by atoms with Crippen molar-refractivity contribution in [2.24, 2.45) is 17.3 Å². The molecule has 4 heteroatoms. The molecule has 1 amide bonds. The van der Waals surface area contributed by atoms with Gasteiger partial charge in [0.15, 0.2) is 0 Å². The minimum Gasteiger partial charge on any atom is -0.393 e. The zero-order valence-corrected chi connectivity index (χ0v) is 11.2. The van der Waals surface area contributed by atoms with Gasteiger partial charge < -0.3 is 15.3 Å². The lowest BCUT2D eigenvalue weighted by Crippen LogP contribution is -2.47. The Morgan fingerprint density at radius 3 is 2.67 bits per heavy atom. The van der Waals surface area contributed by atoms with Crippen LogP contribution in [0.2, 0.25) is 0 Å². The lowest BCUT2D eigenvalue weighted by molar-refractivity contribution is -0.142. The Morgan fingerprint density at radius 1 is 1.28 bits per heavy atom. The van der Waals surface area contributed by atoms with Gasteiger partial charge in [0, 0.05) is 24.4 Å². The summed E-state index contributed by atoms with van der Waals surface area (Å²) in [5, 5.41) is 13.2. The Kier molecular flexibility index (Phi) is 3.10. The number of hydrogen-bond donors (Lipinski definition) is 2. The van der Waals surface area contributed by atoms with Crippen LogP contribution in [0.15, 0.2) is 0 Å². The number of carbonyl (C=O) groups excluding carboxylic acids is 1. The molecule has 1 saturated carbocycles. The first-order chi connectivity index (χ1) is 8.60. The number of rotatable bonds is 1. The Hall–Kier alpha value is -0.610. The maximum atomic E-state index is 12.7. The van der Waals surface area contributed by atoms with E-state index in [-0.39, 0.29) is 11.5 Å². The summed E-state index contributed by atoms with van der Waals surface area (Å²) < 4.78 is 0. The largest absolute Gasteiger partial charge is 0.393 e.